The minimum absolute atomic E-state index is 0.0385. The highest BCUT2D eigenvalue weighted by Crippen LogP contribution is 2.47. The molecule has 1 saturated heterocycles. The van der Waals surface area contributed by atoms with Crippen LogP contribution in [0.4, 0.5) is 0 Å². The third-order valence-electron chi connectivity index (χ3n) is 5.42. The van der Waals surface area contributed by atoms with Crippen LogP contribution >= 0.6 is 0 Å². The van der Waals surface area contributed by atoms with Crippen LogP contribution in [0, 0.1) is 5.92 Å². The number of nitrogens with one attached hydrogen (secondary N) is 1. The van der Waals surface area contributed by atoms with E-state index in [2.05, 4.69) is 31.0 Å². The number of amides is 1. The summed E-state index contributed by atoms with van der Waals surface area (Å²) in [4.78, 5) is 15.1. The van der Waals surface area contributed by atoms with Gasteiger partial charge in [0, 0.05) is 5.54 Å². The van der Waals surface area contributed by atoms with Crippen LogP contribution in [0.3, 0.4) is 0 Å². The van der Waals surface area contributed by atoms with Gasteiger partial charge in [0.1, 0.15) is 0 Å². The number of carbonyl (C=O) groups is 1. The number of nitrogens with zero attached hydrogens (tertiary/aromatic N) is 1. The molecule has 0 aromatic rings. The minimum Gasteiger partial charge on any atom is -0.320 e. The molecule has 0 radical (unpaired) electrons. The molecule has 0 bridgehead atoms. The zero-order chi connectivity index (χ0) is 13.0. The molecule has 102 valence electrons. The highest BCUT2D eigenvalue weighted by molar-refractivity contribution is 5.90. The minimum atomic E-state index is -0.202. The second-order valence-electron chi connectivity index (χ2n) is 6.96. The molecule has 3 nitrogen and oxygen atoms in total. The van der Waals surface area contributed by atoms with Crippen LogP contribution in [-0.4, -0.2) is 28.1 Å². The van der Waals surface area contributed by atoms with E-state index in [-0.39, 0.29) is 17.2 Å². The highest BCUT2D eigenvalue weighted by Gasteiger charge is 2.57. The molecule has 1 unspecified atom stereocenters. The van der Waals surface area contributed by atoms with Gasteiger partial charge in [0.25, 0.3) is 0 Å². The fourth-order valence-electron chi connectivity index (χ4n) is 4.09. The summed E-state index contributed by atoms with van der Waals surface area (Å²) in [6.45, 7) is 6.72. The van der Waals surface area contributed by atoms with E-state index < -0.39 is 0 Å². The van der Waals surface area contributed by atoms with Crippen LogP contribution in [0.15, 0.2) is 0 Å². The van der Waals surface area contributed by atoms with Gasteiger partial charge in [-0.1, -0.05) is 19.8 Å². The van der Waals surface area contributed by atoms with Crippen molar-refractivity contribution < 1.29 is 4.79 Å². The normalized spacial score (nSPS) is 31.6. The zero-order valence-corrected chi connectivity index (χ0v) is 12.0. The Labute approximate surface area is 110 Å². The summed E-state index contributed by atoms with van der Waals surface area (Å²) in [6.07, 6.45) is 8.34. The maximum atomic E-state index is 12.9. The molecule has 3 heteroatoms. The molecule has 1 N–H and O–H groups in total. The molecule has 2 aliphatic carbocycles. The largest absolute Gasteiger partial charge is 0.320 e. The Morgan fingerprint density at radius 1 is 1.33 bits per heavy atom. The zero-order valence-electron chi connectivity index (χ0n) is 12.0. The average molecular weight is 250 g/mol. The lowest BCUT2D eigenvalue weighted by molar-refractivity contribution is -0.139. The molecular weight excluding hydrogens is 224 g/mol. The van der Waals surface area contributed by atoms with Gasteiger partial charge in [-0.15, -0.1) is 0 Å². The highest BCUT2D eigenvalue weighted by atomic mass is 16.2. The number of hydrogen-bond donors (Lipinski definition) is 1. The molecule has 3 aliphatic rings. The molecule has 1 atom stereocenters. The summed E-state index contributed by atoms with van der Waals surface area (Å²) < 4.78 is 0. The van der Waals surface area contributed by atoms with Crippen LogP contribution in [0.2, 0.25) is 0 Å². The Kier molecular flexibility index (Phi) is 2.74. The lowest BCUT2D eigenvalue weighted by Gasteiger charge is -2.40. The molecule has 1 amide bonds. The number of hydrogen-bond acceptors (Lipinski definition) is 2. The lowest BCUT2D eigenvalue weighted by Crippen LogP contribution is -2.52. The van der Waals surface area contributed by atoms with E-state index in [9.17, 15) is 4.79 Å². The molecule has 2 saturated carbocycles. The second kappa shape index (κ2) is 3.96. The lowest BCUT2D eigenvalue weighted by atomic mass is 9.92. The maximum Gasteiger partial charge on any atom is 0.244 e. The fourth-order valence-corrected chi connectivity index (χ4v) is 4.09. The van der Waals surface area contributed by atoms with E-state index in [4.69, 9.17) is 0 Å². The summed E-state index contributed by atoms with van der Waals surface area (Å²) in [5.74, 6) is 1.11. The molecule has 0 aromatic heterocycles. The van der Waals surface area contributed by atoms with Gasteiger partial charge in [-0.05, 0) is 51.9 Å². The first-order chi connectivity index (χ1) is 8.51. The van der Waals surface area contributed by atoms with Gasteiger partial charge in [-0.2, -0.15) is 0 Å². The topological polar surface area (TPSA) is 32.3 Å². The number of carbonyl (C=O) groups excluding carboxylic acids is 1. The van der Waals surface area contributed by atoms with E-state index in [0.29, 0.717) is 11.8 Å². The molecule has 1 spiro atoms. The third-order valence-corrected chi connectivity index (χ3v) is 5.42. The molecule has 3 rings (SSSR count). The predicted octanol–water partition coefficient (Wildman–Crippen LogP) is 2.66. The van der Waals surface area contributed by atoms with Gasteiger partial charge >= 0.3 is 0 Å². The molecule has 0 aromatic carbocycles. The van der Waals surface area contributed by atoms with Crippen molar-refractivity contribution in [3.63, 3.8) is 0 Å². The fraction of sp³-hybridized carbons (Fsp3) is 0.933. The Bertz CT molecular complexity index is 354. The Morgan fingerprint density at radius 2 is 1.94 bits per heavy atom. The summed E-state index contributed by atoms with van der Waals surface area (Å²) in [5.41, 5.74) is -0.163. The van der Waals surface area contributed by atoms with Crippen molar-refractivity contribution in [1.29, 1.82) is 0 Å². The molecule has 3 fully saturated rings. The SMILES string of the molecule is CCC1NC2(CCCC2)C(=O)N1C(C)(C)C1CC1. The molecule has 1 heterocycles. The van der Waals surface area contributed by atoms with Gasteiger partial charge in [0.05, 0.1) is 11.7 Å². The first kappa shape index (κ1) is 12.5. The van der Waals surface area contributed by atoms with Crippen molar-refractivity contribution in [2.24, 2.45) is 5.92 Å². The van der Waals surface area contributed by atoms with Crippen LogP contribution in [-0.2, 0) is 4.79 Å². The standard InChI is InChI=1S/C15H26N2O/c1-4-12-16-15(9-5-6-10-15)13(18)17(12)14(2,3)11-7-8-11/h11-12,16H,4-10H2,1-3H3. The Balaban J connectivity index is 1.90. The van der Waals surface area contributed by atoms with Crippen LogP contribution < -0.4 is 5.32 Å². The van der Waals surface area contributed by atoms with Crippen molar-refractivity contribution in [3.8, 4) is 0 Å². The summed E-state index contributed by atoms with van der Waals surface area (Å²) >= 11 is 0. The van der Waals surface area contributed by atoms with Gasteiger partial charge in [0.2, 0.25) is 5.91 Å². The van der Waals surface area contributed by atoms with Gasteiger partial charge in [-0.3, -0.25) is 10.1 Å². The van der Waals surface area contributed by atoms with E-state index in [0.717, 1.165) is 19.3 Å². The Morgan fingerprint density at radius 3 is 2.44 bits per heavy atom. The predicted molar refractivity (Wildman–Crippen MR) is 72.1 cm³/mol. The van der Waals surface area contributed by atoms with Gasteiger partial charge < -0.3 is 4.90 Å². The summed E-state index contributed by atoms with van der Waals surface area (Å²) in [7, 11) is 0. The quantitative estimate of drug-likeness (QED) is 0.835. The van der Waals surface area contributed by atoms with Gasteiger partial charge in [-0.25, -0.2) is 0 Å². The average Bonchev–Trinajstić information content (AvgIpc) is 3.04. The Hall–Kier alpha value is -0.570. The monoisotopic (exact) mass is 250 g/mol. The van der Waals surface area contributed by atoms with E-state index in [1.54, 1.807) is 0 Å². The first-order valence-electron chi connectivity index (χ1n) is 7.63. The third kappa shape index (κ3) is 1.63. The smallest absolute Gasteiger partial charge is 0.244 e. The van der Waals surface area contributed by atoms with Crippen LogP contribution in [0.1, 0.15) is 65.7 Å². The molecular formula is C15H26N2O. The van der Waals surface area contributed by atoms with E-state index in [1.807, 2.05) is 0 Å². The van der Waals surface area contributed by atoms with Crippen molar-refractivity contribution in [3.05, 3.63) is 0 Å². The maximum absolute atomic E-state index is 12.9. The van der Waals surface area contributed by atoms with Crippen LogP contribution in [0.5, 0.6) is 0 Å². The van der Waals surface area contributed by atoms with Crippen molar-refractivity contribution in [2.45, 2.75) is 83.0 Å². The van der Waals surface area contributed by atoms with Crippen molar-refractivity contribution in [1.82, 2.24) is 10.2 Å². The number of rotatable bonds is 3. The van der Waals surface area contributed by atoms with Crippen molar-refractivity contribution in [2.75, 3.05) is 0 Å². The first-order valence-corrected chi connectivity index (χ1v) is 7.63. The molecule has 18 heavy (non-hydrogen) atoms. The summed E-state index contributed by atoms with van der Waals surface area (Å²) in [6, 6.07) is 0. The molecule has 1 aliphatic heterocycles. The van der Waals surface area contributed by atoms with E-state index in [1.165, 1.54) is 25.7 Å². The second-order valence-corrected chi connectivity index (χ2v) is 6.96. The summed E-state index contributed by atoms with van der Waals surface area (Å²) in [5, 5.41) is 3.68. The van der Waals surface area contributed by atoms with Crippen LogP contribution in [0.25, 0.3) is 0 Å². The van der Waals surface area contributed by atoms with E-state index >= 15 is 0 Å². The van der Waals surface area contributed by atoms with Crippen molar-refractivity contribution >= 4 is 5.91 Å². The van der Waals surface area contributed by atoms with Gasteiger partial charge in [0.15, 0.2) is 0 Å².